The van der Waals surface area contributed by atoms with Crippen molar-refractivity contribution in [3.05, 3.63) is 104 Å². The fourth-order valence-corrected chi connectivity index (χ4v) is 4.42. The summed E-state index contributed by atoms with van der Waals surface area (Å²) in [7, 11) is 0. The topological polar surface area (TPSA) is 0 Å². The summed E-state index contributed by atoms with van der Waals surface area (Å²) >= 11 is 24.7. The molecule has 0 atom stereocenters. The van der Waals surface area contributed by atoms with Gasteiger partial charge in [-0.25, -0.2) is 13.2 Å². The largest absolute Gasteiger partial charge is 0.206 e. The molecule has 4 aromatic rings. The lowest BCUT2D eigenvalue weighted by Crippen LogP contribution is -1.92. The summed E-state index contributed by atoms with van der Waals surface area (Å²) in [6, 6.07) is 16.6. The van der Waals surface area contributed by atoms with E-state index in [1.807, 2.05) is 0 Å². The van der Waals surface area contributed by atoms with E-state index in [2.05, 4.69) is 6.07 Å². The quantitative estimate of drug-likeness (QED) is 0.265. The predicted octanol–water partition coefficient (Wildman–Crippen LogP) is 9.52. The minimum Gasteiger partial charge on any atom is -0.206 e. The second-order valence-electron chi connectivity index (χ2n) is 6.67. The van der Waals surface area contributed by atoms with Crippen LogP contribution in [0, 0.1) is 23.5 Å². The van der Waals surface area contributed by atoms with Crippen LogP contribution >= 0.6 is 46.4 Å². The number of benzene rings is 4. The van der Waals surface area contributed by atoms with Gasteiger partial charge in [-0.05, 0) is 59.2 Å². The van der Waals surface area contributed by atoms with Crippen LogP contribution in [0.4, 0.5) is 13.2 Å². The molecule has 31 heavy (non-hydrogen) atoms. The zero-order chi connectivity index (χ0) is 22.3. The average molecular weight is 497 g/mol. The normalized spacial score (nSPS) is 11.1. The maximum atomic E-state index is 15.0. The van der Waals surface area contributed by atoms with E-state index in [1.165, 1.54) is 36.4 Å². The lowest BCUT2D eigenvalue weighted by Gasteiger charge is -2.13. The van der Waals surface area contributed by atoms with Crippen LogP contribution in [0.1, 0.15) is 0 Å². The Hall–Kier alpha value is -2.17. The van der Waals surface area contributed by atoms with E-state index in [0.29, 0.717) is 16.7 Å². The van der Waals surface area contributed by atoms with Gasteiger partial charge in [0.05, 0.1) is 20.6 Å². The van der Waals surface area contributed by atoms with Crippen LogP contribution in [-0.2, 0) is 0 Å². The second-order valence-corrected chi connectivity index (χ2v) is 8.30. The standard InChI is InChI=1S/C24H10Cl4F3/c25-15-6-14(7-16(26)11-15)23-19(28)9-13(10-22(23)31)17-5-4-12(8-18(17)27)24-20(29)2-1-3-21(24)30/h1-10H. The van der Waals surface area contributed by atoms with Crippen LogP contribution in [0.15, 0.2) is 60.7 Å². The van der Waals surface area contributed by atoms with Crippen molar-refractivity contribution in [2.24, 2.45) is 0 Å². The molecule has 0 saturated heterocycles. The third kappa shape index (κ3) is 4.42. The molecule has 0 aliphatic heterocycles. The van der Waals surface area contributed by atoms with Gasteiger partial charge in [-0.15, -0.1) is 0 Å². The molecule has 4 aromatic carbocycles. The van der Waals surface area contributed by atoms with Gasteiger partial charge in [-0.2, -0.15) is 0 Å². The Morgan fingerprint density at radius 3 is 1.74 bits per heavy atom. The first-order chi connectivity index (χ1) is 14.7. The van der Waals surface area contributed by atoms with Gasteiger partial charge in [-0.1, -0.05) is 64.6 Å². The van der Waals surface area contributed by atoms with E-state index < -0.39 is 17.5 Å². The fourth-order valence-electron chi connectivity index (χ4n) is 3.33. The molecule has 7 heteroatoms. The van der Waals surface area contributed by atoms with Gasteiger partial charge in [0.15, 0.2) is 0 Å². The molecule has 0 N–H and O–H groups in total. The summed E-state index contributed by atoms with van der Waals surface area (Å²) in [5.41, 5.74) is 1.45. The predicted molar refractivity (Wildman–Crippen MR) is 121 cm³/mol. The molecule has 0 aromatic heterocycles. The summed E-state index contributed by atoms with van der Waals surface area (Å²) in [6.45, 7) is 0. The molecule has 0 amide bonds. The van der Waals surface area contributed by atoms with E-state index >= 15 is 4.39 Å². The molecule has 0 unspecified atom stereocenters. The summed E-state index contributed by atoms with van der Waals surface area (Å²) in [5.74, 6) is -2.03. The average Bonchev–Trinajstić information content (AvgIpc) is 2.66. The monoisotopic (exact) mass is 495 g/mol. The van der Waals surface area contributed by atoms with E-state index in [9.17, 15) is 8.78 Å². The molecule has 4 rings (SSSR count). The third-order valence-electron chi connectivity index (χ3n) is 4.67. The van der Waals surface area contributed by atoms with Gasteiger partial charge in [0.2, 0.25) is 0 Å². The van der Waals surface area contributed by atoms with Crippen molar-refractivity contribution in [2.45, 2.75) is 0 Å². The smallest absolute Gasteiger partial charge is 0.133 e. The lowest BCUT2D eigenvalue weighted by molar-refractivity contribution is 0.589. The highest BCUT2D eigenvalue weighted by Crippen LogP contribution is 2.40. The van der Waals surface area contributed by atoms with Crippen LogP contribution < -0.4 is 0 Å². The first kappa shape index (κ1) is 22.0. The highest BCUT2D eigenvalue weighted by atomic mass is 35.5. The molecule has 0 bridgehead atoms. The maximum absolute atomic E-state index is 15.0. The molecular formula is C24H10Cl4F3. The van der Waals surface area contributed by atoms with Crippen molar-refractivity contribution in [1.82, 2.24) is 0 Å². The summed E-state index contributed by atoms with van der Waals surface area (Å²) in [6.07, 6.45) is 0. The molecule has 0 nitrogen and oxygen atoms in total. The van der Waals surface area contributed by atoms with Gasteiger partial charge >= 0.3 is 0 Å². The summed E-state index contributed by atoms with van der Waals surface area (Å²) in [4.78, 5) is 0. The molecule has 155 valence electrons. The zero-order valence-corrected chi connectivity index (χ0v) is 18.4. The van der Waals surface area contributed by atoms with Gasteiger partial charge in [-0.3, -0.25) is 0 Å². The third-order valence-corrected chi connectivity index (χ3v) is 5.68. The van der Waals surface area contributed by atoms with Crippen LogP contribution in [-0.4, -0.2) is 0 Å². The summed E-state index contributed by atoms with van der Waals surface area (Å²) < 4.78 is 43.2. The van der Waals surface area contributed by atoms with Crippen molar-refractivity contribution in [1.29, 1.82) is 0 Å². The van der Waals surface area contributed by atoms with Gasteiger partial charge in [0.25, 0.3) is 0 Å². The van der Waals surface area contributed by atoms with Crippen molar-refractivity contribution in [2.75, 3.05) is 0 Å². The second kappa shape index (κ2) is 8.76. The van der Waals surface area contributed by atoms with Gasteiger partial charge in [0.1, 0.15) is 17.5 Å². The minimum atomic E-state index is -0.709. The Labute approximate surface area is 196 Å². The lowest BCUT2D eigenvalue weighted by atomic mass is 9.97. The molecule has 0 saturated carbocycles. The fraction of sp³-hybridized carbons (Fsp3) is 0. The molecule has 0 fully saturated rings. The van der Waals surface area contributed by atoms with Crippen molar-refractivity contribution in [3.63, 3.8) is 0 Å². The van der Waals surface area contributed by atoms with Crippen LogP contribution in [0.5, 0.6) is 0 Å². The SMILES string of the molecule is Fc1cccc(F)c1-c1ccc(-c2cc(F)c(-c3cc(Cl)[c]c(Cl)c3)c(Cl)c2)c(Cl)c1. The van der Waals surface area contributed by atoms with Crippen molar-refractivity contribution in [3.8, 4) is 33.4 Å². The number of rotatable bonds is 3. The van der Waals surface area contributed by atoms with Crippen molar-refractivity contribution >= 4 is 46.4 Å². The molecule has 0 aliphatic rings. The Balaban J connectivity index is 1.79. The van der Waals surface area contributed by atoms with Gasteiger partial charge < -0.3 is 0 Å². The number of hydrogen-bond donors (Lipinski definition) is 0. The maximum Gasteiger partial charge on any atom is 0.133 e. The first-order valence-electron chi connectivity index (χ1n) is 8.86. The van der Waals surface area contributed by atoms with E-state index in [4.69, 9.17) is 46.4 Å². The Morgan fingerprint density at radius 1 is 0.548 bits per heavy atom. The van der Waals surface area contributed by atoms with E-state index in [0.717, 1.165) is 12.1 Å². The van der Waals surface area contributed by atoms with Crippen molar-refractivity contribution < 1.29 is 13.2 Å². The van der Waals surface area contributed by atoms with E-state index in [-0.39, 0.29) is 36.8 Å². The molecular weight excluding hydrogens is 487 g/mol. The van der Waals surface area contributed by atoms with E-state index in [1.54, 1.807) is 12.1 Å². The minimum absolute atomic E-state index is 0.119. The van der Waals surface area contributed by atoms with Crippen LogP contribution in [0.3, 0.4) is 0 Å². The highest BCUT2D eigenvalue weighted by Gasteiger charge is 2.17. The van der Waals surface area contributed by atoms with Crippen LogP contribution in [0.2, 0.25) is 20.1 Å². The Bertz CT molecular complexity index is 1250. The molecule has 1 radical (unpaired) electrons. The Kier molecular flexibility index (Phi) is 6.23. The molecule has 0 aliphatic carbocycles. The first-order valence-corrected chi connectivity index (χ1v) is 10.4. The molecule has 0 heterocycles. The number of halogens is 7. The van der Waals surface area contributed by atoms with Gasteiger partial charge in [0, 0.05) is 22.2 Å². The van der Waals surface area contributed by atoms with Crippen LogP contribution in [0.25, 0.3) is 33.4 Å². The Morgan fingerprint density at radius 2 is 1.16 bits per heavy atom. The highest BCUT2D eigenvalue weighted by molar-refractivity contribution is 6.36. The zero-order valence-electron chi connectivity index (χ0n) is 15.4. The number of hydrogen-bond acceptors (Lipinski definition) is 0. The summed E-state index contributed by atoms with van der Waals surface area (Å²) in [5, 5.41) is 0.750. The molecule has 0 spiro atoms.